The van der Waals surface area contributed by atoms with Gasteiger partial charge in [-0.25, -0.2) is 0 Å². The summed E-state index contributed by atoms with van der Waals surface area (Å²) in [6.45, 7) is 1.01. The largest absolute Gasteiger partial charge is 0.489 e. The predicted octanol–water partition coefficient (Wildman–Crippen LogP) is 6.26. The molecule has 1 N–H and O–H groups in total. The monoisotopic (exact) mass is 489 g/mol. The lowest BCUT2D eigenvalue weighted by atomic mass is 10.0. The fourth-order valence-corrected chi connectivity index (χ4v) is 4.21. The number of aryl methyl sites for hydroxylation is 1. The Hall–Kier alpha value is -4.71. The maximum Gasteiger partial charge on any atom is 0.303 e. The van der Waals surface area contributed by atoms with Crippen LogP contribution in [0.2, 0.25) is 0 Å². The fourth-order valence-electron chi connectivity index (χ4n) is 4.21. The molecule has 0 unspecified atom stereocenters. The summed E-state index contributed by atoms with van der Waals surface area (Å²) in [5.41, 5.74) is 7.01. The number of hydrogen-bond donors (Lipinski definition) is 1. The highest BCUT2D eigenvalue weighted by Gasteiger charge is 2.13. The molecule has 6 nitrogen and oxygen atoms in total. The quantitative estimate of drug-likeness (QED) is 0.251. The smallest absolute Gasteiger partial charge is 0.303 e. The number of nitrogens with zero attached hydrogens (tertiary/aromatic N) is 3. The van der Waals surface area contributed by atoms with E-state index in [-0.39, 0.29) is 6.42 Å². The Morgan fingerprint density at radius 1 is 0.811 bits per heavy atom. The maximum atomic E-state index is 11.1. The molecule has 0 bridgehead atoms. The number of carbonyl (C=O) groups is 1. The van der Waals surface area contributed by atoms with E-state index in [1.807, 2.05) is 96.1 Å². The van der Waals surface area contributed by atoms with Crippen LogP contribution in [0.4, 0.5) is 0 Å². The lowest BCUT2D eigenvalue weighted by Crippen LogP contribution is -2.01. The summed E-state index contributed by atoms with van der Waals surface area (Å²) >= 11 is 0. The van der Waals surface area contributed by atoms with Crippen LogP contribution in [0, 0.1) is 0 Å². The first kappa shape index (κ1) is 24.0. The summed E-state index contributed by atoms with van der Waals surface area (Å²) in [5.74, 6) is -0.0358. The van der Waals surface area contributed by atoms with Gasteiger partial charge in [0.1, 0.15) is 12.4 Å². The zero-order valence-corrected chi connectivity index (χ0v) is 20.3. The molecule has 0 saturated heterocycles. The van der Waals surface area contributed by atoms with Crippen LogP contribution in [-0.4, -0.2) is 25.8 Å². The Kier molecular flexibility index (Phi) is 7.36. The summed E-state index contributed by atoms with van der Waals surface area (Å²) in [5, 5.41) is 13.9. The van der Waals surface area contributed by atoms with Crippen LogP contribution in [0.1, 0.15) is 23.1 Å². The third-order valence-electron chi connectivity index (χ3n) is 6.07. The molecule has 5 aromatic rings. The average molecular weight is 490 g/mol. The second kappa shape index (κ2) is 11.4. The number of aromatic nitrogens is 3. The second-order valence-electron chi connectivity index (χ2n) is 8.84. The minimum Gasteiger partial charge on any atom is -0.489 e. The van der Waals surface area contributed by atoms with Crippen molar-refractivity contribution < 1.29 is 14.6 Å². The van der Waals surface area contributed by atoms with Gasteiger partial charge in [-0.05, 0) is 41.3 Å². The first-order chi connectivity index (χ1) is 18.1. The van der Waals surface area contributed by atoms with Crippen LogP contribution in [0.5, 0.6) is 5.75 Å². The van der Waals surface area contributed by atoms with Crippen LogP contribution >= 0.6 is 0 Å². The zero-order valence-electron chi connectivity index (χ0n) is 20.3. The van der Waals surface area contributed by atoms with E-state index < -0.39 is 5.97 Å². The Morgan fingerprint density at radius 2 is 1.51 bits per heavy atom. The minimum atomic E-state index is -0.815. The van der Waals surface area contributed by atoms with Crippen molar-refractivity contribution in [3.8, 4) is 28.1 Å². The number of rotatable bonds is 10. The van der Waals surface area contributed by atoms with Gasteiger partial charge in [0.25, 0.3) is 0 Å². The van der Waals surface area contributed by atoms with Crippen molar-refractivity contribution in [1.29, 1.82) is 0 Å². The van der Waals surface area contributed by atoms with E-state index in [1.165, 1.54) is 0 Å². The van der Waals surface area contributed by atoms with E-state index in [9.17, 15) is 4.79 Å². The number of carboxylic acid groups (broad SMARTS) is 1. The molecule has 0 radical (unpaired) electrons. The van der Waals surface area contributed by atoms with Gasteiger partial charge in [0.2, 0.25) is 0 Å². The van der Waals surface area contributed by atoms with Crippen LogP contribution in [0.25, 0.3) is 22.4 Å². The van der Waals surface area contributed by atoms with Crippen LogP contribution in [-0.2, 0) is 24.4 Å². The van der Waals surface area contributed by atoms with E-state index in [0.29, 0.717) is 19.6 Å². The van der Waals surface area contributed by atoms with E-state index >= 15 is 0 Å². The van der Waals surface area contributed by atoms with Crippen molar-refractivity contribution >= 4 is 5.97 Å². The van der Waals surface area contributed by atoms with Crippen molar-refractivity contribution in [2.45, 2.75) is 26.0 Å². The standard InChI is InChI=1S/C31H27N3O3/c35-30(36)16-13-27-21-34(33-31(27)26-9-5-2-6-10-26)20-23-11-14-29(15-12-23)37-22-24-17-28(19-32-18-24)25-7-3-1-4-8-25/h1-12,14-15,17-19,21H,13,16,20,22H2,(H,35,36). The maximum absolute atomic E-state index is 11.1. The molecule has 37 heavy (non-hydrogen) atoms. The number of ether oxygens (including phenoxy) is 1. The lowest BCUT2D eigenvalue weighted by Gasteiger charge is -2.09. The highest BCUT2D eigenvalue weighted by Crippen LogP contribution is 2.24. The van der Waals surface area contributed by atoms with Crippen molar-refractivity contribution in [2.24, 2.45) is 0 Å². The molecule has 3 aromatic carbocycles. The zero-order chi connectivity index (χ0) is 25.5. The molecule has 184 valence electrons. The van der Waals surface area contributed by atoms with Gasteiger partial charge in [-0.3, -0.25) is 14.5 Å². The van der Waals surface area contributed by atoms with Crippen molar-refractivity contribution in [3.63, 3.8) is 0 Å². The van der Waals surface area contributed by atoms with Crippen molar-refractivity contribution in [1.82, 2.24) is 14.8 Å². The second-order valence-corrected chi connectivity index (χ2v) is 8.84. The van der Waals surface area contributed by atoms with Gasteiger partial charge in [-0.15, -0.1) is 0 Å². The number of pyridine rings is 1. The van der Waals surface area contributed by atoms with Gasteiger partial charge in [0, 0.05) is 41.7 Å². The van der Waals surface area contributed by atoms with Gasteiger partial charge < -0.3 is 9.84 Å². The Balaban J connectivity index is 1.25. The lowest BCUT2D eigenvalue weighted by molar-refractivity contribution is -0.136. The number of aliphatic carboxylic acids is 1. The van der Waals surface area contributed by atoms with Gasteiger partial charge in [0.15, 0.2) is 0 Å². The van der Waals surface area contributed by atoms with Crippen LogP contribution in [0.3, 0.4) is 0 Å². The first-order valence-electron chi connectivity index (χ1n) is 12.2. The van der Waals surface area contributed by atoms with Gasteiger partial charge >= 0.3 is 5.97 Å². The number of benzene rings is 3. The molecule has 2 heterocycles. The topological polar surface area (TPSA) is 77.2 Å². The fraction of sp³-hybridized carbons (Fsp3) is 0.129. The van der Waals surface area contributed by atoms with Crippen molar-refractivity contribution in [2.75, 3.05) is 0 Å². The number of carboxylic acids is 1. The predicted molar refractivity (Wildman–Crippen MR) is 143 cm³/mol. The van der Waals surface area contributed by atoms with Crippen molar-refractivity contribution in [3.05, 3.63) is 126 Å². The van der Waals surface area contributed by atoms with Crippen LogP contribution < -0.4 is 4.74 Å². The summed E-state index contributed by atoms with van der Waals surface area (Å²) < 4.78 is 7.88. The van der Waals surface area contributed by atoms with E-state index in [2.05, 4.69) is 23.2 Å². The summed E-state index contributed by atoms with van der Waals surface area (Å²) in [7, 11) is 0. The molecule has 0 aliphatic heterocycles. The molecule has 6 heteroatoms. The Bertz CT molecular complexity index is 1460. The summed E-state index contributed by atoms with van der Waals surface area (Å²) in [6, 6.07) is 30.1. The molecule has 2 aromatic heterocycles. The third kappa shape index (κ3) is 6.30. The molecule has 0 atom stereocenters. The molecule has 0 fully saturated rings. The van der Waals surface area contributed by atoms with Gasteiger partial charge in [0.05, 0.1) is 12.2 Å². The molecule has 5 rings (SSSR count). The molecular formula is C31H27N3O3. The summed E-state index contributed by atoms with van der Waals surface area (Å²) in [6.07, 6.45) is 6.14. The average Bonchev–Trinajstić information content (AvgIpc) is 3.35. The number of hydrogen-bond acceptors (Lipinski definition) is 4. The molecule has 0 aliphatic carbocycles. The molecule has 0 amide bonds. The van der Waals surface area contributed by atoms with Gasteiger partial charge in [-0.2, -0.15) is 5.10 Å². The molecular weight excluding hydrogens is 462 g/mol. The SMILES string of the molecule is O=C(O)CCc1cn(Cc2ccc(OCc3cncc(-c4ccccc4)c3)cc2)nc1-c1ccccc1. The Labute approximate surface area is 215 Å². The molecule has 0 saturated carbocycles. The first-order valence-corrected chi connectivity index (χ1v) is 12.2. The molecule has 0 spiro atoms. The van der Waals surface area contributed by atoms with E-state index in [0.717, 1.165) is 44.8 Å². The highest BCUT2D eigenvalue weighted by molar-refractivity contribution is 5.69. The van der Waals surface area contributed by atoms with E-state index in [1.54, 1.807) is 0 Å². The van der Waals surface area contributed by atoms with Gasteiger partial charge in [-0.1, -0.05) is 72.8 Å². The van der Waals surface area contributed by atoms with E-state index in [4.69, 9.17) is 14.9 Å². The molecule has 0 aliphatic rings. The summed E-state index contributed by atoms with van der Waals surface area (Å²) in [4.78, 5) is 15.5. The Morgan fingerprint density at radius 3 is 2.22 bits per heavy atom. The highest BCUT2D eigenvalue weighted by atomic mass is 16.5. The third-order valence-corrected chi connectivity index (χ3v) is 6.07. The van der Waals surface area contributed by atoms with Crippen LogP contribution in [0.15, 0.2) is 110 Å². The normalized spacial score (nSPS) is 10.8. The minimum absolute atomic E-state index is 0.0708.